The molecule has 0 saturated carbocycles. The molecule has 1 aliphatic heterocycles. The van der Waals surface area contributed by atoms with Crippen LogP contribution in [0, 0.1) is 10.1 Å². The second-order valence-electron chi connectivity index (χ2n) is 6.34. The van der Waals surface area contributed by atoms with Crippen molar-refractivity contribution < 1.29 is 24.0 Å². The van der Waals surface area contributed by atoms with E-state index in [4.69, 9.17) is 9.47 Å². The number of carbonyl (C=O) groups excluding carboxylic acids is 2. The molecule has 10 heteroatoms. The van der Waals surface area contributed by atoms with E-state index >= 15 is 0 Å². The van der Waals surface area contributed by atoms with Gasteiger partial charge in [0.1, 0.15) is 10.6 Å². The summed E-state index contributed by atoms with van der Waals surface area (Å²) in [5.41, 5.74) is 0.660. The minimum atomic E-state index is -0.698. The van der Waals surface area contributed by atoms with Gasteiger partial charge >= 0.3 is 0 Å². The molecule has 2 amide bonds. The third kappa shape index (κ3) is 3.07. The summed E-state index contributed by atoms with van der Waals surface area (Å²) < 4.78 is 10.7. The fraction of sp³-hybridized carbons (Fsp3) is 0.150. The largest absolute Gasteiger partial charge is 0.493 e. The van der Waals surface area contributed by atoms with Crippen molar-refractivity contribution in [1.29, 1.82) is 0 Å². The zero-order valence-corrected chi connectivity index (χ0v) is 16.8. The van der Waals surface area contributed by atoms with Gasteiger partial charge in [-0.2, -0.15) is 0 Å². The summed E-state index contributed by atoms with van der Waals surface area (Å²) in [6.07, 6.45) is 0. The van der Waals surface area contributed by atoms with Crippen molar-refractivity contribution in [3.05, 3.63) is 68.7 Å². The molecule has 0 atom stereocenters. The minimum absolute atomic E-state index is 0.0270. The second kappa shape index (κ2) is 7.56. The molecule has 2 heterocycles. The molecule has 0 radical (unpaired) electrons. The summed E-state index contributed by atoms with van der Waals surface area (Å²) in [6.45, 7) is -0.0910. The number of ether oxygens (including phenoxy) is 2. The van der Waals surface area contributed by atoms with E-state index in [1.165, 1.54) is 43.8 Å². The highest BCUT2D eigenvalue weighted by molar-refractivity contribution is 7.13. The quantitative estimate of drug-likeness (QED) is 0.337. The Bertz CT molecular complexity index is 1190. The van der Waals surface area contributed by atoms with Crippen LogP contribution in [0.5, 0.6) is 11.5 Å². The highest BCUT2D eigenvalue weighted by Gasteiger charge is 2.41. The Morgan fingerprint density at radius 2 is 1.80 bits per heavy atom. The van der Waals surface area contributed by atoms with Crippen LogP contribution in [0.1, 0.15) is 26.4 Å². The zero-order chi connectivity index (χ0) is 21.4. The maximum absolute atomic E-state index is 12.7. The van der Waals surface area contributed by atoms with Gasteiger partial charge in [-0.1, -0.05) is 12.1 Å². The number of hydrogen-bond acceptors (Lipinski definition) is 8. The smallest absolute Gasteiger partial charge is 0.282 e. The van der Waals surface area contributed by atoms with Crippen molar-refractivity contribution in [1.82, 2.24) is 9.88 Å². The maximum atomic E-state index is 12.7. The average molecular weight is 425 g/mol. The van der Waals surface area contributed by atoms with Crippen LogP contribution in [-0.4, -0.2) is 40.8 Å². The van der Waals surface area contributed by atoms with Crippen LogP contribution >= 0.6 is 11.3 Å². The van der Waals surface area contributed by atoms with Crippen LogP contribution in [0.15, 0.2) is 41.8 Å². The first-order chi connectivity index (χ1) is 14.5. The maximum Gasteiger partial charge on any atom is 0.282 e. The summed E-state index contributed by atoms with van der Waals surface area (Å²) >= 11 is 1.32. The number of rotatable bonds is 6. The van der Waals surface area contributed by atoms with E-state index < -0.39 is 16.7 Å². The van der Waals surface area contributed by atoms with E-state index in [1.54, 1.807) is 17.5 Å². The van der Waals surface area contributed by atoms with Gasteiger partial charge in [0.15, 0.2) is 11.5 Å². The second-order valence-corrected chi connectivity index (χ2v) is 7.20. The minimum Gasteiger partial charge on any atom is -0.493 e. The van der Waals surface area contributed by atoms with Gasteiger partial charge in [-0.3, -0.25) is 24.6 Å². The fourth-order valence-corrected chi connectivity index (χ4v) is 4.16. The number of nitrogens with zero attached hydrogens (tertiary/aromatic N) is 3. The zero-order valence-electron chi connectivity index (χ0n) is 15.9. The normalized spacial score (nSPS) is 12.8. The number of aromatic nitrogens is 1. The van der Waals surface area contributed by atoms with Crippen molar-refractivity contribution in [2.75, 3.05) is 14.2 Å². The van der Waals surface area contributed by atoms with Crippen molar-refractivity contribution in [2.45, 2.75) is 6.54 Å². The lowest BCUT2D eigenvalue weighted by atomic mass is 10.1. The summed E-state index contributed by atoms with van der Waals surface area (Å²) in [5, 5.41) is 13.6. The highest BCUT2D eigenvalue weighted by Crippen LogP contribution is 2.39. The van der Waals surface area contributed by atoms with Gasteiger partial charge in [-0.25, -0.2) is 4.98 Å². The Balaban J connectivity index is 1.64. The molecule has 2 aromatic carbocycles. The summed E-state index contributed by atoms with van der Waals surface area (Å²) in [4.78, 5) is 41.5. The van der Waals surface area contributed by atoms with Crippen LogP contribution in [0.4, 0.5) is 5.69 Å². The molecule has 0 bridgehead atoms. The molecular weight excluding hydrogens is 410 g/mol. The lowest BCUT2D eigenvalue weighted by Gasteiger charge is -2.12. The number of nitro groups is 1. The molecule has 4 rings (SSSR count). The molecule has 152 valence electrons. The van der Waals surface area contributed by atoms with E-state index in [1.807, 2.05) is 6.07 Å². The number of carbonyl (C=O) groups is 2. The van der Waals surface area contributed by atoms with E-state index in [0.29, 0.717) is 27.8 Å². The molecule has 0 N–H and O–H groups in total. The van der Waals surface area contributed by atoms with Gasteiger partial charge in [-0.05, 0) is 18.2 Å². The summed E-state index contributed by atoms with van der Waals surface area (Å²) in [5.74, 6) is -0.195. The van der Waals surface area contributed by atoms with Crippen molar-refractivity contribution in [3.63, 3.8) is 0 Å². The lowest BCUT2D eigenvalue weighted by molar-refractivity contribution is -0.385. The monoisotopic (exact) mass is 425 g/mol. The first kappa shape index (κ1) is 19.5. The van der Waals surface area contributed by atoms with Gasteiger partial charge in [0.2, 0.25) is 0 Å². The molecule has 3 aromatic rings. The Hall–Kier alpha value is -3.79. The van der Waals surface area contributed by atoms with Crippen LogP contribution in [0.2, 0.25) is 0 Å². The predicted molar refractivity (Wildman–Crippen MR) is 108 cm³/mol. The topological polar surface area (TPSA) is 112 Å². The number of hydrogen-bond donors (Lipinski definition) is 0. The van der Waals surface area contributed by atoms with Gasteiger partial charge < -0.3 is 9.47 Å². The van der Waals surface area contributed by atoms with Crippen LogP contribution in [0.25, 0.3) is 10.6 Å². The predicted octanol–water partition coefficient (Wildman–Crippen LogP) is 3.53. The van der Waals surface area contributed by atoms with Gasteiger partial charge in [-0.15, -0.1) is 11.3 Å². The molecular formula is C20H15N3O6S. The van der Waals surface area contributed by atoms with E-state index in [0.717, 1.165) is 4.90 Å². The summed E-state index contributed by atoms with van der Waals surface area (Å²) in [6, 6.07) is 9.42. The average Bonchev–Trinajstić information content (AvgIpc) is 3.32. The third-order valence-corrected chi connectivity index (χ3v) is 5.60. The number of thiazole rings is 1. The number of amides is 2. The number of fused-ring (bicyclic) bond motifs is 1. The Kier molecular flexibility index (Phi) is 4.92. The Morgan fingerprint density at radius 1 is 1.07 bits per heavy atom. The molecule has 0 aliphatic carbocycles. The molecule has 0 fully saturated rings. The first-order valence-electron chi connectivity index (χ1n) is 8.75. The molecule has 0 unspecified atom stereocenters. The Labute approximate surface area is 174 Å². The number of imide groups is 1. The van der Waals surface area contributed by atoms with Gasteiger partial charge in [0.25, 0.3) is 17.5 Å². The number of nitro benzene ring substituents is 1. The SMILES string of the molecule is COc1cccc(-c2nc(CN3C(=O)c4cccc([N+](=O)[O-])c4C3=O)cs2)c1OC. The molecule has 1 aliphatic rings. The number of benzene rings is 2. The number of para-hydroxylation sites is 1. The first-order valence-corrected chi connectivity index (χ1v) is 9.63. The molecule has 30 heavy (non-hydrogen) atoms. The standard InChI is InChI=1S/C20H15N3O6S/c1-28-15-8-4-6-13(17(15)29-2)18-21-11(10-30-18)9-22-19(24)12-5-3-7-14(23(26)27)16(12)20(22)25/h3-8,10H,9H2,1-2H3. The fourth-order valence-electron chi connectivity index (χ4n) is 3.33. The third-order valence-electron chi connectivity index (χ3n) is 4.68. The van der Waals surface area contributed by atoms with E-state index in [2.05, 4.69) is 4.98 Å². The molecule has 0 saturated heterocycles. The summed E-state index contributed by atoms with van der Waals surface area (Å²) in [7, 11) is 3.07. The van der Waals surface area contributed by atoms with Crippen molar-refractivity contribution >= 4 is 28.8 Å². The van der Waals surface area contributed by atoms with Gasteiger partial charge in [0, 0.05) is 11.4 Å². The Morgan fingerprint density at radius 3 is 2.50 bits per heavy atom. The highest BCUT2D eigenvalue weighted by atomic mass is 32.1. The van der Waals surface area contributed by atoms with Crippen molar-refractivity contribution in [3.8, 4) is 22.1 Å². The van der Waals surface area contributed by atoms with E-state index in [9.17, 15) is 19.7 Å². The van der Waals surface area contributed by atoms with Crippen molar-refractivity contribution in [2.24, 2.45) is 0 Å². The van der Waals surface area contributed by atoms with Gasteiger partial charge in [0.05, 0.1) is 42.5 Å². The lowest BCUT2D eigenvalue weighted by Crippen LogP contribution is -2.29. The number of methoxy groups -OCH3 is 2. The van der Waals surface area contributed by atoms with Crippen LogP contribution < -0.4 is 9.47 Å². The van der Waals surface area contributed by atoms with E-state index in [-0.39, 0.29) is 23.4 Å². The van der Waals surface area contributed by atoms with Crippen LogP contribution in [-0.2, 0) is 6.54 Å². The molecule has 1 aromatic heterocycles. The molecule has 0 spiro atoms. The van der Waals surface area contributed by atoms with Crippen LogP contribution in [0.3, 0.4) is 0 Å². The molecule has 9 nitrogen and oxygen atoms in total.